The molecule has 0 fully saturated rings. The summed E-state index contributed by atoms with van der Waals surface area (Å²) in [6.45, 7) is 2.27. The Morgan fingerprint density at radius 1 is 1.28 bits per heavy atom. The van der Waals surface area contributed by atoms with Crippen LogP contribution in [-0.2, 0) is 18.4 Å². The number of benzene rings is 2. The number of carbonyl (C=O) groups is 1. The molecule has 0 spiro atoms. The number of carbonyl (C=O) groups excluding carboxylic acids is 1. The van der Waals surface area contributed by atoms with Gasteiger partial charge in [-0.15, -0.1) is 0 Å². The number of nitrogens with one attached hydrogen (secondary N) is 1. The highest BCUT2D eigenvalue weighted by molar-refractivity contribution is 5.85. The monoisotopic (exact) mass is 339 g/mol. The first kappa shape index (κ1) is 17.0. The van der Waals surface area contributed by atoms with Gasteiger partial charge < -0.3 is 15.2 Å². The van der Waals surface area contributed by atoms with E-state index in [0.29, 0.717) is 11.3 Å². The normalized spacial score (nSPS) is 12.2. The van der Waals surface area contributed by atoms with E-state index in [1.54, 1.807) is 36.1 Å². The van der Waals surface area contributed by atoms with Crippen LogP contribution in [0.3, 0.4) is 0 Å². The molecule has 0 saturated carbocycles. The number of aromatic nitrogens is 2. The summed E-state index contributed by atoms with van der Waals surface area (Å²) >= 11 is 0. The second-order valence-corrected chi connectivity index (χ2v) is 5.98. The van der Waals surface area contributed by atoms with E-state index in [9.17, 15) is 9.90 Å². The Morgan fingerprint density at radius 3 is 2.68 bits per heavy atom. The lowest BCUT2D eigenvalue weighted by Crippen LogP contribution is -2.29. The summed E-state index contributed by atoms with van der Waals surface area (Å²) in [4.78, 5) is 12.3. The molecule has 0 saturated heterocycles. The van der Waals surface area contributed by atoms with E-state index in [0.717, 1.165) is 22.2 Å². The van der Waals surface area contributed by atoms with E-state index in [4.69, 9.17) is 4.74 Å². The van der Waals surface area contributed by atoms with E-state index >= 15 is 0 Å². The SMILES string of the molecule is COc1ccc([C@H](O)C(=O)NCc2nn(C)c3ccc(C)cc23)cc1. The number of aryl methyl sites for hydroxylation is 2. The number of rotatable bonds is 5. The lowest BCUT2D eigenvalue weighted by molar-refractivity contribution is -0.129. The predicted octanol–water partition coefficient (Wildman–Crippen LogP) is 2.24. The summed E-state index contributed by atoms with van der Waals surface area (Å²) in [5.41, 5.74) is 3.42. The zero-order chi connectivity index (χ0) is 18.0. The molecule has 0 radical (unpaired) electrons. The van der Waals surface area contributed by atoms with Gasteiger partial charge in [-0.25, -0.2) is 0 Å². The van der Waals surface area contributed by atoms with Gasteiger partial charge in [-0.3, -0.25) is 9.48 Å². The van der Waals surface area contributed by atoms with Crippen molar-refractivity contribution in [2.75, 3.05) is 7.11 Å². The Balaban J connectivity index is 1.72. The molecule has 0 aliphatic carbocycles. The van der Waals surface area contributed by atoms with Crippen LogP contribution < -0.4 is 10.1 Å². The maximum atomic E-state index is 12.3. The van der Waals surface area contributed by atoms with E-state index in [1.165, 1.54) is 0 Å². The Kier molecular flexibility index (Phi) is 4.72. The van der Waals surface area contributed by atoms with Crippen LogP contribution in [0.15, 0.2) is 42.5 Å². The van der Waals surface area contributed by atoms with Gasteiger partial charge in [0.25, 0.3) is 5.91 Å². The molecule has 6 nitrogen and oxygen atoms in total. The topological polar surface area (TPSA) is 76.4 Å². The molecule has 3 rings (SSSR count). The van der Waals surface area contributed by atoms with Crippen molar-refractivity contribution in [1.29, 1.82) is 0 Å². The predicted molar refractivity (Wildman–Crippen MR) is 95.3 cm³/mol. The Bertz CT molecular complexity index is 900. The van der Waals surface area contributed by atoms with Gasteiger partial charge in [0.1, 0.15) is 5.75 Å². The van der Waals surface area contributed by atoms with Crippen molar-refractivity contribution in [3.63, 3.8) is 0 Å². The molecule has 1 aromatic heterocycles. The smallest absolute Gasteiger partial charge is 0.253 e. The number of nitrogens with zero attached hydrogens (tertiary/aromatic N) is 2. The molecular weight excluding hydrogens is 318 g/mol. The lowest BCUT2D eigenvalue weighted by atomic mass is 10.1. The van der Waals surface area contributed by atoms with Crippen molar-refractivity contribution in [1.82, 2.24) is 15.1 Å². The molecule has 0 aliphatic heterocycles. The van der Waals surface area contributed by atoms with E-state index < -0.39 is 12.0 Å². The van der Waals surface area contributed by atoms with Crippen molar-refractivity contribution in [3.8, 4) is 5.75 Å². The zero-order valence-electron chi connectivity index (χ0n) is 14.5. The van der Waals surface area contributed by atoms with Crippen LogP contribution >= 0.6 is 0 Å². The van der Waals surface area contributed by atoms with E-state index in [2.05, 4.69) is 10.4 Å². The van der Waals surface area contributed by atoms with Crippen molar-refractivity contribution in [3.05, 3.63) is 59.3 Å². The number of aliphatic hydroxyl groups excluding tert-OH is 1. The third-order valence-electron chi connectivity index (χ3n) is 4.19. The average molecular weight is 339 g/mol. The number of fused-ring (bicyclic) bond motifs is 1. The third kappa shape index (κ3) is 3.49. The van der Waals surface area contributed by atoms with E-state index in [1.807, 2.05) is 32.2 Å². The summed E-state index contributed by atoms with van der Waals surface area (Å²) < 4.78 is 6.86. The molecule has 2 aromatic carbocycles. The van der Waals surface area contributed by atoms with Crippen LogP contribution in [0.4, 0.5) is 0 Å². The Morgan fingerprint density at radius 2 is 2.00 bits per heavy atom. The molecule has 0 unspecified atom stereocenters. The van der Waals surface area contributed by atoms with Gasteiger partial charge in [0, 0.05) is 12.4 Å². The fraction of sp³-hybridized carbons (Fsp3) is 0.263. The van der Waals surface area contributed by atoms with Gasteiger partial charge >= 0.3 is 0 Å². The molecule has 3 aromatic rings. The average Bonchev–Trinajstić information content (AvgIpc) is 2.94. The molecule has 0 bridgehead atoms. The van der Waals surface area contributed by atoms with Gasteiger partial charge in [0.2, 0.25) is 0 Å². The highest BCUT2D eigenvalue weighted by atomic mass is 16.5. The van der Waals surface area contributed by atoms with Crippen LogP contribution in [0.5, 0.6) is 5.75 Å². The molecule has 1 heterocycles. The number of hydrogen-bond acceptors (Lipinski definition) is 4. The molecule has 2 N–H and O–H groups in total. The van der Waals surface area contributed by atoms with E-state index in [-0.39, 0.29) is 6.54 Å². The fourth-order valence-corrected chi connectivity index (χ4v) is 2.79. The second kappa shape index (κ2) is 6.94. The van der Waals surface area contributed by atoms with Crippen LogP contribution in [0.25, 0.3) is 10.9 Å². The van der Waals surface area contributed by atoms with Gasteiger partial charge in [-0.2, -0.15) is 5.10 Å². The minimum Gasteiger partial charge on any atom is -0.497 e. The van der Waals surface area contributed by atoms with Gasteiger partial charge in [0.15, 0.2) is 6.10 Å². The summed E-state index contributed by atoms with van der Waals surface area (Å²) in [6, 6.07) is 12.8. The number of amides is 1. The molecule has 1 amide bonds. The largest absolute Gasteiger partial charge is 0.497 e. The maximum absolute atomic E-state index is 12.3. The van der Waals surface area contributed by atoms with Crippen LogP contribution in [-0.4, -0.2) is 27.9 Å². The summed E-state index contributed by atoms with van der Waals surface area (Å²) in [7, 11) is 3.44. The second-order valence-electron chi connectivity index (χ2n) is 5.98. The first-order valence-electron chi connectivity index (χ1n) is 8.01. The molecule has 1 atom stereocenters. The van der Waals surface area contributed by atoms with Gasteiger partial charge in [0.05, 0.1) is 24.9 Å². The quantitative estimate of drug-likeness (QED) is 0.747. The minimum absolute atomic E-state index is 0.257. The summed E-state index contributed by atoms with van der Waals surface area (Å²) in [5.74, 6) is 0.211. The highest BCUT2D eigenvalue weighted by Gasteiger charge is 2.18. The minimum atomic E-state index is -1.23. The summed E-state index contributed by atoms with van der Waals surface area (Å²) in [5, 5.41) is 18.4. The number of aliphatic hydroxyl groups is 1. The van der Waals surface area contributed by atoms with Crippen molar-refractivity contribution < 1.29 is 14.6 Å². The maximum Gasteiger partial charge on any atom is 0.253 e. The van der Waals surface area contributed by atoms with Crippen LogP contribution in [0.2, 0.25) is 0 Å². The van der Waals surface area contributed by atoms with Crippen LogP contribution in [0, 0.1) is 6.92 Å². The van der Waals surface area contributed by atoms with Gasteiger partial charge in [-0.1, -0.05) is 23.8 Å². The molecule has 6 heteroatoms. The van der Waals surface area contributed by atoms with Gasteiger partial charge in [-0.05, 0) is 36.8 Å². The Hall–Kier alpha value is -2.86. The van der Waals surface area contributed by atoms with Crippen molar-refractivity contribution in [2.24, 2.45) is 7.05 Å². The number of methoxy groups -OCH3 is 1. The lowest BCUT2D eigenvalue weighted by Gasteiger charge is -2.11. The zero-order valence-corrected chi connectivity index (χ0v) is 14.5. The number of ether oxygens (including phenoxy) is 1. The first-order valence-corrected chi connectivity index (χ1v) is 8.01. The van der Waals surface area contributed by atoms with Crippen molar-refractivity contribution in [2.45, 2.75) is 19.6 Å². The van der Waals surface area contributed by atoms with Crippen LogP contribution in [0.1, 0.15) is 22.9 Å². The fourth-order valence-electron chi connectivity index (χ4n) is 2.79. The standard InChI is InChI=1S/C19H21N3O3/c1-12-4-9-17-15(10-12)16(21-22(17)2)11-20-19(24)18(23)13-5-7-14(25-3)8-6-13/h4-10,18,23H,11H2,1-3H3,(H,20,24)/t18-/m0/s1. The highest BCUT2D eigenvalue weighted by Crippen LogP contribution is 2.20. The molecule has 0 aliphatic rings. The molecule has 130 valence electrons. The summed E-state index contributed by atoms with van der Waals surface area (Å²) in [6.07, 6.45) is -1.23. The Labute approximate surface area is 146 Å². The molecule has 25 heavy (non-hydrogen) atoms. The number of hydrogen-bond donors (Lipinski definition) is 2. The first-order chi connectivity index (χ1) is 12.0. The van der Waals surface area contributed by atoms with Crippen molar-refractivity contribution >= 4 is 16.8 Å². The third-order valence-corrected chi connectivity index (χ3v) is 4.19. The molecular formula is C19H21N3O3.